The Balaban J connectivity index is 0. The van der Waals surface area contributed by atoms with Gasteiger partial charge in [0.15, 0.2) is 0 Å². The summed E-state index contributed by atoms with van der Waals surface area (Å²) in [5.74, 6) is 0. The van der Waals surface area contributed by atoms with E-state index in [1.54, 1.807) is 11.0 Å². The molecule has 2 aromatic rings. The van der Waals surface area contributed by atoms with E-state index in [0.717, 1.165) is 24.0 Å². The van der Waals surface area contributed by atoms with E-state index < -0.39 is 13.4 Å². The molecular formula is C17H20ClN3Na3O5P. The number of rotatable bonds is 3. The van der Waals surface area contributed by atoms with Gasteiger partial charge in [0.25, 0.3) is 0 Å². The zero-order valence-electron chi connectivity index (χ0n) is 17.9. The molecule has 1 aromatic carbocycles. The molecule has 0 radical (unpaired) electrons. The molecule has 1 aromatic heterocycles. The number of aromatic nitrogens is 3. The molecule has 8 nitrogen and oxygen atoms in total. The number of phosphoric acid groups is 1. The van der Waals surface area contributed by atoms with Gasteiger partial charge >= 0.3 is 88.7 Å². The van der Waals surface area contributed by atoms with E-state index >= 15 is 0 Å². The van der Waals surface area contributed by atoms with Crippen molar-refractivity contribution in [2.45, 2.75) is 38.8 Å². The van der Waals surface area contributed by atoms with Gasteiger partial charge in [-0.3, -0.25) is 0 Å². The average molecular weight is 482 g/mol. The van der Waals surface area contributed by atoms with Crippen LogP contribution in [0.5, 0.6) is 0 Å². The van der Waals surface area contributed by atoms with E-state index in [1.165, 1.54) is 6.33 Å². The van der Waals surface area contributed by atoms with E-state index in [0.29, 0.717) is 11.6 Å². The maximum Gasteiger partial charge on any atom is 1.00 e. The molecule has 0 aliphatic heterocycles. The molecule has 1 N–H and O–H groups in total. The van der Waals surface area contributed by atoms with Crippen LogP contribution in [-0.2, 0) is 11.1 Å². The standard InChI is InChI=1S/C17H20ClN3O.3Na.H3O4P/c1-16(2)8-7-14(9-13-3-5-15(18)6-4-13)17(16,22)10-21-12-19-11-20-21;;;;1-5(2,3)4/h3-6,9,11-12,22H,7-8,10H2,1-2H3;;;;(H3,1,2,3,4)/q;3*+1;/p-3/b14-9+;;;;. The maximum absolute atomic E-state index is 11.4. The van der Waals surface area contributed by atoms with Gasteiger partial charge in [0.05, 0.1) is 6.54 Å². The van der Waals surface area contributed by atoms with Crippen LogP contribution in [0.4, 0.5) is 0 Å². The Kier molecular flexibility index (Phi) is 15.7. The minimum Gasteiger partial charge on any atom is -0.822 e. The Labute approximate surface area is 247 Å². The van der Waals surface area contributed by atoms with Crippen molar-refractivity contribution in [3.8, 4) is 0 Å². The molecule has 3 rings (SSSR count). The Morgan fingerprint density at radius 2 is 1.73 bits per heavy atom. The Morgan fingerprint density at radius 1 is 1.20 bits per heavy atom. The number of halogens is 1. The van der Waals surface area contributed by atoms with Crippen molar-refractivity contribution in [2.75, 3.05) is 0 Å². The van der Waals surface area contributed by atoms with E-state index in [2.05, 4.69) is 30.0 Å². The van der Waals surface area contributed by atoms with Crippen molar-refractivity contribution in [1.29, 1.82) is 0 Å². The number of aliphatic hydroxyl groups is 1. The summed E-state index contributed by atoms with van der Waals surface area (Å²) in [6.07, 6.45) is 7.03. The summed E-state index contributed by atoms with van der Waals surface area (Å²) in [6, 6.07) is 7.67. The summed E-state index contributed by atoms with van der Waals surface area (Å²) >= 11 is 5.94. The summed E-state index contributed by atoms with van der Waals surface area (Å²) in [5, 5.41) is 16.2. The second-order valence-electron chi connectivity index (χ2n) is 7.01. The monoisotopic (exact) mass is 481 g/mol. The summed E-state index contributed by atoms with van der Waals surface area (Å²) in [6.45, 7) is 4.62. The quantitative estimate of drug-likeness (QED) is 0.339. The zero-order chi connectivity index (χ0) is 20.3. The molecule has 1 aliphatic rings. The van der Waals surface area contributed by atoms with Crippen molar-refractivity contribution in [3.63, 3.8) is 0 Å². The fourth-order valence-corrected chi connectivity index (χ4v) is 3.24. The number of nitrogens with zero attached hydrogens (tertiary/aromatic N) is 3. The summed E-state index contributed by atoms with van der Waals surface area (Å²) in [4.78, 5) is 29.6. The van der Waals surface area contributed by atoms with Gasteiger partial charge in [-0.25, -0.2) is 9.67 Å². The zero-order valence-corrected chi connectivity index (χ0v) is 25.6. The SMILES string of the molecule is CC1(C)CC/C(=C\c2ccc(Cl)cc2)C1(O)Cn1cncn1.O=P([O-])([O-])[O-].[Na+].[Na+].[Na+]. The smallest absolute Gasteiger partial charge is 0.822 e. The predicted molar refractivity (Wildman–Crippen MR) is 95.0 cm³/mol. The third-order valence-corrected chi connectivity index (χ3v) is 4.99. The molecule has 0 spiro atoms. The van der Waals surface area contributed by atoms with Crippen LogP contribution in [0, 0.1) is 5.41 Å². The first kappa shape index (κ1) is 33.6. The largest absolute Gasteiger partial charge is 1.00 e. The van der Waals surface area contributed by atoms with Crippen LogP contribution in [0.15, 0.2) is 42.5 Å². The van der Waals surface area contributed by atoms with Crippen molar-refractivity contribution < 1.29 is 113 Å². The molecular weight excluding hydrogens is 462 g/mol. The molecule has 148 valence electrons. The molecule has 1 saturated carbocycles. The molecule has 1 atom stereocenters. The minimum atomic E-state index is -5.39. The molecule has 0 saturated heterocycles. The summed E-state index contributed by atoms with van der Waals surface area (Å²) < 4.78 is 10.2. The molecule has 13 heteroatoms. The molecule has 1 unspecified atom stereocenters. The van der Waals surface area contributed by atoms with Crippen molar-refractivity contribution in [3.05, 3.63) is 53.1 Å². The summed E-state index contributed by atoms with van der Waals surface area (Å²) in [7, 11) is -5.39. The van der Waals surface area contributed by atoms with E-state index in [-0.39, 0.29) is 94.1 Å². The average Bonchev–Trinajstić information content (AvgIpc) is 3.10. The molecule has 0 amide bonds. The number of benzene rings is 1. The number of hydrogen-bond donors (Lipinski definition) is 1. The van der Waals surface area contributed by atoms with E-state index in [4.69, 9.17) is 30.8 Å². The second-order valence-corrected chi connectivity index (χ2v) is 8.34. The van der Waals surface area contributed by atoms with Crippen LogP contribution in [0.25, 0.3) is 6.08 Å². The first-order valence-corrected chi connectivity index (χ1v) is 9.99. The minimum absolute atomic E-state index is 0. The Morgan fingerprint density at radius 3 is 2.20 bits per heavy atom. The van der Waals surface area contributed by atoms with Crippen LogP contribution in [0.1, 0.15) is 32.3 Å². The topological polar surface area (TPSA) is 137 Å². The van der Waals surface area contributed by atoms with Crippen molar-refractivity contribution in [2.24, 2.45) is 5.41 Å². The van der Waals surface area contributed by atoms with Gasteiger partial charge in [0.1, 0.15) is 18.3 Å². The normalized spacial score (nSPS) is 20.8. The van der Waals surface area contributed by atoms with Gasteiger partial charge in [0, 0.05) is 5.02 Å². The van der Waals surface area contributed by atoms with E-state index in [9.17, 15) is 5.11 Å². The fourth-order valence-electron chi connectivity index (χ4n) is 3.11. The first-order valence-electron chi connectivity index (χ1n) is 8.15. The van der Waals surface area contributed by atoms with Crippen LogP contribution >= 0.6 is 19.4 Å². The van der Waals surface area contributed by atoms with Gasteiger partial charge in [-0.1, -0.05) is 43.7 Å². The third-order valence-electron chi connectivity index (χ3n) is 4.74. The fraction of sp³-hybridized carbons (Fsp3) is 0.412. The van der Waals surface area contributed by atoms with Gasteiger partial charge in [-0.2, -0.15) is 12.9 Å². The first-order chi connectivity index (χ1) is 12.4. The van der Waals surface area contributed by atoms with Crippen LogP contribution in [-0.4, -0.2) is 25.5 Å². The van der Waals surface area contributed by atoms with Gasteiger partial charge in [0.2, 0.25) is 0 Å². The Bertz CT molecular complexity index is 839. The Hall–Kier alpha value is 1.46. The van der Waals surface area contributed by atoms with Crippen LogP contribution < -0.4 is 103 Å². The molecule has 1 aliphatic carbocycles. The second kappa shape index (κ2) is 14.0. The summed E-state index contributed by atoms with van der Waals surface area (Å²) in [5.41, 5.74) is 0.946. The van der Waals surface area contributed by atoms with Crippen LogP contribution in [0.2, 0.25) is 5.02 Å². The van der Waals surface area contributed by atoms with Gasteiger partial charge < -0.3 is 24.4 Å². The maximum atomic E-state index is 11.4. The third kappa shape index (κ3) is 10.2. The van der Waals surface area contributed by atoms with Gasteiger partial charge in [-0.15, -0.1) is 0 Å². The molecule has 0 bridgehead atoms. The molecule has 1 fully saturated rings. The predicted octanol–water partition coefficient (Wildman–Crippen LogP) is -8.25. The van der Waals surface area contributed by atoms with Gasteiger partial charge in [-0.05, 0) is 41.5 Å². The molecule has 1 heterocycles. The van der Waals surface area contributed by atoms with Crippen molar-refractivity contribution in [1.82, 2.24) is 14.8 Å². The van der Waals surface area contributed by atoms with Crippen molar-refractivity contribution >= 4 is 25.5 Å². The number of hydrogen-bond acceptors (Lipinski definition) is 7. The van der Waals surface area contributed by atoms with Crippen LogP contribution in [0.3, 0.4) is 0 Å². The molecule has 30 heavy (non-hydrogen) atoms. The van der Waals surface area contributed by atoms with E-state index in [1.807, 2.05) is 24.3 Å².